The number of carbonyl (C=O) groups is 1. The van der Waals surface area contributed by atoms with Gasteiger partial charge in [0.25, 0.3) is 5.91 Å². The number of nitrogens with one attached hydrogen (secondary N) is 1. The smallest absolute Gasteiger partial charge is 0.292 e. The zero-order valence-corrected chi connectivity index (χ0v) is 9.37. The molecule has 2 heterocycles. The summed E-state index contributed by atoms with van der Waals surface area (Å²) in [6, 6.07) is 4.82. The molecule has 0 spiro atoms. The van der Waals surface area contributed by atoms with Crippen LogP contribution < -0.4 is 5.32 Å². The van der Waals surface area contributed by atoms with E-state index in [9.17, 15) is 4.79 Å². The minimum Gasteiger partial charge on any atom is -0.444 e. The number of anilines is 1. The summed E-state index contributed by atoms with van der Waals surface area (Å²) in [5.41, 5.74) is 0. The van der Waals surface area contributed by atoms with Crippen LogP contribution in [0.15, 0.2) is 31.8 Å². The van der Waals surface area contributed by atoms with Crippen molar-refractivity contribution in [2.75, 3.05) is 5.32 Å². The maximum Gasteiger partial charge on any atom is 0.292 e. The van der Waals surface area contributed by atoms with Crippen LogP contribution in [0.2, 0.25) is 0 Å². The van der Waals surface area contributed by atoms with Gasteiger partial charge in [-0.1, -0.05) is 5.16 Å². The minimum atomic E-state index is -0.367. The number of nitrogens with zero attached hydrogens (tertiary/aromatic N) is 1. The van der Waals surface area contributed by atoms with E-state index < -0.39 is 0 Å². The number of aromatic nitrogens is 1. The molecule has 0 saturated carbocycles. The molecule has 2 aromatic heterocycles. The van der Waals surface area contributed by atoms with Crippen molar-refractivity contribution in [2.45, 2.75) is 6.92 Å². The van der Waals surface area contributed by atoms with Crippen LogP contribution in [0, 0.1) is 6.92 Å². The van der Waals surface area contributed by atoms with Crippen LogP contribution in [-0.4, -0.2) is 11.1 Å². The molecule has 0 radical (unpaired) electrons. The first-order valence-corrected chi connectivity index (χ1v) is 4.94. The van der Waals surface area contributed by atoms with Gasteiger partial charge in [0.1, 0.15) is 5.76 Å². The summed E-state index contributed by atoms with van der Waals surface area (Å²) < 4.78 is 10.4. The van der Waals surface area contributed by atoms with E-state index in [1.807, 2.05) is 0 Å². The average molecular weight is 271 g/mol. The number of furan rings is 1. The van der Waals surface area contributed by atoms with Gasteiger partial charge in [-0.3, -0.25) is 4.79 Å². The lowest BCUT2D eigenvalue weighted by atomic mass is 10.4. The zero-order chi connectivity index (χ0) is 10.8. The number of carbonyl (C=O) groups excluding carboxylic acids is 1. The lowest BCUT2D eigenvalue weighted by Gasteiger charge is -1.95. The second kappa shape index (κ2) is 3.90. The van der Waals surface area contributed by atoms with Gasteiger partial charge >= 0.3 is 0 Å². The van der Waals surface area contributed by atoms with Crippen molar-refractivity contribution in [1.29, 1.82) is 0 Å². The van der Waals surface area contributed by atoms with Gasteiger partial charge in [-0.05, 0) is 35.0 Å². The second-order valence-corrected chi connectivity index (χ2v) is 3.66. The normalized spacial score (nSPS) is 10.3. The Kier molecular flexibility index (Phi) is 2.59. The van der Waals surface area contributed by atoms with Crippen molar-refractivity contribution >= 4 is 27.7 Å². The SMILES string of the molecule is Cc1cc(NC(=O)c2ccc(Br)o2)no1. The zero-order valence-electron chi connectivity index (χ0n) is 7.78. The topological polar surface area (TPSA) is 68.3 Å². The van der Waals surface area contributed by atoms with E-state index in [1.165, 1.54) is 0 Å². The summed E-state index contributed by atoms with van der Waals surface area (Å²) in [5, 5.41) is 6.16. The van der Waals surface area contributed by atoms with Gasteiger partial charge in [0.2, 0.25) is 0 Å². The highest BCUT2D eigenvalue weighted by Gasteiger charge is 2.12. The van der Waals surface area contributed by atoms with E-state index in [0.717, 1.165) is 0 Å². The van der Waals surface area contributed by atoms with Crippen molar-refractivity contribution in [3.05, 3.63) is 34.4 Å². The first-order valence-electron chi connectivity index (χ1n) is 4.15. The third-order valence-corrected chi connectivity index (χ3v) is 2.09. The van der Waals surface area contributed by atoms with Gasteiger partial charge in [-0.25, -0.2) is 0 Å². The fraction of sp³-hybridized carbons (Fsp3) is 0.111. The monoisotopic (exact) mass is 270 g/mol. The van der Waals surface area contributed by atoms with Gasteiger partial charge in [-0.2, -0.15) is 0 Å². The lowest BCUT2D eigenvalue weighted by molar-refractivity contribution is 0.0994. The first-order chi connectivity index (χ1) is 7.15. The molecule has 0 atom stereocenters. The minimum absolute atomic E-state index is 0.211. The Balaban J connectivity index is 2.10. The summed E-state index contributed by atoms with van der Waals surface area (Å²) >= 11 is 3.11. The number of rotatable bonds is 2. The third kappa shape index (κ3) is 2.27. The van der Waals surface area contributed by atoms with E-state index in [4.69, 9.17) is 8.94 Å². The standard InChI is InChI=1S/C9H7BrN2O3/c1-5-4-8(12-15-5)11-9(13)6-2-3-7(10)14-6/h2-4H,1H3,(H,11,12,13). The van der Waals surface area contributed by atoms with Crippen molar-refractivity contribution in [1.82, 2.24) is 5.16 Å². The Morgan fingerprint density at radius 2 is 2.33 bits per heavy atom. The lowest BCUT2D eigenvalue weighted by Crippen LogP contribution is -2.10. The summed E-state index contributed by atoms with van der Waals surface area (Å²) in [6.07, 6.45) is 0. The average Bonchev–Trinajstić information content (AvgIpc) is 2.75. The van der Waals surface area contributed by atoms with Gasteiger partial charge in [-0.15, -0.1) is 0 Å². The third-order valence-electron chi connectivity index (χ3n) is 1.67. The van der Waals surface area contributed by atoms with Crippen molar-refractivity contribution in [3.8, 4) is 0 Å². The van der Waals surface area contributed by atoms with Crippen LogP contribution in [-0.2, 0) is 0 Å². The van der Waals surface area contributed by atoms with Gasteiger partial charge in [0, 0.05) is 6.07 Å². The molecule has 0 saturated heterocycles. The summed E-state index contributed by atoms with van der Waals surface area (Å²) in [5.74, 6) is 0.840. The molecule has 2 aromatic rings. The highest BCUT2D eigenvalue weighted by atomic mass is 79.9. The molecule has 15 heavy (non-hydrogen) atoms. The fourth-order valence-electron chi connectivity index (χ4n) is 1.04. The Hall–Kier alpha value is -1.56. The molecule has 0 aliphatic heterocycles. The molecule has 0 aliphatic rings. The second-order valence-electron chi connectivity index (χ2n) is 2.88. The first kappa shape index (κ1) is 9.97. The van der Waals surface area contributed by atoms with Crippen LogP contribution in [0.4, 0.5) is 5.82 Å². The van der Waals surface area contributed by atoms with Crippen molar-refractivity contribution in [3.63, 3.8) is 0 Å². The van der Waals surface area contributed by atoms with E-state index in [2.05, 4.69) is 26.4 Å². The molecule has 5 nitrogen and oxygen atoms in total. The molecule has 78 valence electrons. The molecule has 0 aromatic carbocycles. The van der Waals surface area contributed by atoms with Crippen LogP contribution in [0.25, 0.3) is 0 Å². The Bertz CT molecular complexity index is 489. The Morgan fingerprint density at radius 3 is 2.87 bits per heavy atom. The number of amides is 1. The number of hydrogen-bond acceptors (Lipinski definition) is 4. The van der Waals surface area contributed by atoms with Crippen LogP contribution in [0.3, 0.4) is 0 Å². The molecular formula is C9H7BrN2O3. The van der Waals surface area contributed by atoms with E-state index >= 15 is 0 Å². The van der Waals surface area contributed by atoms with Crippen LogP contribution >= 0.6 is 15.9 Å². The summed E-state index contributed by atoms with van der Waals surface area (Å²) in [7, 11) is 0. The maximum atomic E-state index is 11.5. The fourth-order valence-corrected chi connectivity index (χ4v) is 1.35. The van der Waals surface area contributed by atoms with Crippen LogP contribution in [0.1, 0.15) is 16.3 Å². The quantitative estimate of drug-likeness (QED) is 0.911. The predicted octanol–water partition coefficient (Wildman–Crippen LogP) is 2.59. The molecular weight excluding hydrogens is 264 g/mol. The largest absolute Gasteiger partial charge is 0.444 e. The number of aryl methyl sites for hydroxylation is 1. The van der Waals surface area contributed by atoms with Crippen molar-refractivity contribution in [2.24, 2.45) is 0 Å². The van der Waals surface area contributed by atoms with E-state index in [1.54, 1.807) is 25.1 Å². The summed E-state index contributed by atoms with van der Waals surface area (Å²) in [4.78, 5) is 11.5. The molecule has 0 bridgehead atoms. The maximum absolute atomic E-state index is 11.5. The van der Waals surface area contributed by atoms with E-state index in [-0.39, 0.29) is 11.7 Å². The highest BCUT2D eigenvalue weighted by molar-refractivity contribution is 9.10. The molecule has 1 N–H and O–H groups in total. The highest BCUT2D eigenvalue weighted by Crippen LogP contribution is 2.15. The molecule has 2 rings (SSSR count). The van der Waals surface area contributed by atoms with Crippen LogP contribution in [0.5, 0.6) is 0 Å². The Morgan fingerprint density at radius 1 is 1.53 bits per heavy atom. The molecule has 6 heteroatoms. The van der Waals surface area contributed by atoms with Gasteiger partial charge in [0.05, 0.1) is 0 Å². The predicted molar refractivity (Wildman–Crippen MR) is 55.6 cm³/mol. The molecule has 1 amide bonds. The van der Waals surface area contributed by atoms with Crippen molar-refractivity contribution < 1.29 is 13.7 Å². The van der Waals surface area contributed by atoms with Gasteiger partial charge in [0.15, 0.2) is 16.2 Å². The van der Waals surface area contributed by atoms with Gasteiger partial charge < -0.3 is 14.3 Å². The number of halogens is 1. The molecule has 0 aliphatic carbocycles. The number of hydrogen-bond donors (Lipinski definition) is 1. The molecule has 0 unspecified atom stereocenters. The summed E-state index contributed by atoms with van der Waals surface area (Å²) in [6.45, 7) is 1.74. The Labute approximate surface area is 93.6 Å². The van der Waals surface area contributed by atoms with E-state index in [0.29, 0.717) is 16.2 Å². The molecule has 0 fully saturated rings.